The van der Waals surface area contributed by atoms with E-state index in [1.807, 2.05) is 47.4 Å². The number of hydrogen-bond donors (Lipinski definition) is 1. The molecule has 0 radical (unpaired) electrons. The van der Waals surface area contributed by atoms with Crippen LogP contribution in [0.5, 0.6) is 0 Å². The Hall–Kier alpha value is -3.58. The van der Waals surface area contributed by atoms with Crippen LogP contribution in [0.1, 0.15) is 44.1 Å². The van der Waals surface area contributed by atoms with Crippen molar-refractivity contribution in [2.45, 2.75) is 18.8 Å². The molecule has 3 aromatic rings. The van der Waals surface area contributed by atoms with Gasteiger partial charge in [0.15, 0.2) is 0 Å². The van der Waals surface area contributed by atoms with E-state index in [0.29, 0.717) is 29.1 Å². The number of ether oxygens (including phenoxy) is 1. The second-order valence-electron chi connectivity index (χ2n) is 7.55. The summed E-state index contributed by atoms with van der Waals surface area (Å²) in [6.45, 7) is 2.58. The molecular weight excluding hydrogens is 436 g/mol. The largest absolute Gasteiger partial charge is 0.462 e. The lowest BCUT2D eigenvalue weighted by atomic mass is 10.1. The third-order valence-corrected chi connectivity index (χ3v) is 6.51. The van der Waals surface area contributed by atoms with Crippen molar-refractivity contribution in [1.29, 1.82) is 0 Å². The SMILES string of the molecule is CCOC(=O)c1cccc(NC(=O)c2ccc([C@H]3SCC(=O)N3Cc3ccccc3)cc2)c1. The summed E-state index contributed by atoms with van der Waals surface area (Å²) >= 11 is 1.59. The van der Waals surface area contributed by atoms with E-state index in [9.17, 15) is 14.4 Å². The first-order valence-electron chi connectivity index (χ1n) is 10.7. The molecule has 0 aliphatic carbocycles. The fourth-order valence-electron chi connectivity index (χ4n) is 3.62. The van der Waals surface area contributed by atoms with Crippen molar-refractivity contribution in [1.82, 2.24) is 4.90 Å². The Balaban J connectivity index is 1.44. The minimum Gasteiger partial charge on any atom is -0.462 e. The molecule has 3 aromatic carbocycles. The van der Waals surface area contributed by atoms with Gasteiger partial charge in [0.1, 0.15) is 5.37 Å². The van der Waals surface area contributed by atoms with Crippen LogP contribution < -0.4 is 5.32 Å². The number of carbonyl (C=O) groups is 3. The smallest absolute Gasteiger partial charge is 0.338 e. The van der Waals surface area contributed by atoms with Gasteiger partial charge in [-0.3, -0.25) is 9.59 Å². The van der Waals surface area contributed by atoms with Crippen molar-refractivity contribution in [3.63, 3.8) is 0 Å². The maximum absolute atomic E-state index is 12.7. The van der Waals surface area contributed by atoms with Crippen LogP contribution in [0.4, 0.5) is 5.69 Å². The van der Waals surface area contributed by atoms with Gasteiger partial charge in [0, 0.05) is 17.8 Å². The number of benzene rings is 3. The number of anilines is 1. The van der Waals surface area contributed by atoms with E-state index >= 15 is 0 Å². The van der Waals surface area contributed by atoms with Gasteiger partial charge in [-0.15, -0.1) is 11.8 Å². The van der Waals surface area contributed by atoms with Gasteiger partial charge in [-0.05, 0) is 48.4 Å². The molecule has 0 aromatic heterocycles. The number of hydrogen-bond acceptors (Lipinski definition) is 5. The number of amides is 2. The van der Waals surface area contributed by atoms with Gasteiger partial charge in [-0.2, -0.15) is 0 Å². The molecular formula is C26H24N2O4S. The van der Waals surface area contributed by atoms with E-state index < -0.39 is 5.97 Å². The van der Waals surface area contributed by atoms with Crippen molar-refractivity contribution in [2.75, 3.05) is 17.7 Å². The average molecular weight is 461 g/mol. The maximum atomic E-state index is 12.7. The zero-order valence-electron chi connectivity index (χ0n) is 18.2. The fourth-order valence-corrected chi connectivity index (χ4v) is 4.81. The zero-order chi connectivity index (χ0) is 23.2. The number of carbonyl (C=O) groups excluding carboxylic acids is 3. The molecule has 0 bridgehead atoms. The molecule has 1 N–H and O–H groups in total. The van der Waals surface area contributed by atoms with Crippen LogP contribution in [0.3, 0.4) is 0 Å². The molecule has 1 saturated heterocycles. The van der Waals surface area contributed by atoms with Gasteiger partial charge >= 0.3 is 5.97 Å². The minimum absolute atomic E-state index is 0.0870. The van der Waals surface area contributed by atoms with Gasteiger partial charge in [0.25, 0.3) is 5.91 Å². The standard InChI is InChI=1S/C26H24N2O4S/c1-2-32-26(31)21-9-6-10-22(15-21)27-24(30)19-11-13-20(14-12-19)25-28(23(29)17-33-25)16-18-7-4-3-5-8-18/h3-15,25H,2,16-17H2,1H3,(H,27,30)/t25-/m1/s1. The van der Waals surface area contributed by atoms with Crippen LogP contribution in [0, 0.1) is 0 Å². The first kappa shape index (κ1) is 22.6. The van der Waals surface area contributed by atoms with Gasteiger partial charge < -0.3 is 15.0 Å². The lowest BCUT2D eigenvalue weighted by molar-refractivity contribution is -0.128. The molecule has 1 aliphatic rings. The lowest BCUT2D eigenvalue weighted by Crippen LogP contribution is -2.27. The molecule has 0 saturated carbocycles. The molecule has 1 aliphatic heterocycles. The van der Waals surface area contributed by atoms with Crippen molar-refractivity contribution in [3.8, 4) is 0 Å². The number of esters is 1. The molecule has 0 unspecified atom stereocenters. The summed E-state index contributed by atoms with van der Waals surface area (Å²) in [6.07, 6.45) is 0. The van der Waals surface area contributed by atoms with Crippen molar-refractivity contribution in [2.24, 2.45) is 0 Å². The summed E-state index contributed by atoms with van der Waals surface area (Å²) in [5, 5.41) is 2.73. The summed E-state index contributed by atoms with van der Waals surface area (Å²) in [7, 11) is 0. The Bertz CT molecular complexity index is 1150. The quantitative estimate of drug-likeness (QED) is 0.508. The highest BCUT2D eigenvalue weighted by Crippen LogP contribution is 2.39. The Morgan fingerprint density at radius 1 is 1.00 bits per heavy atom. The fraction of sp³-hybridized carbons (Fsp3) is 0.192. The predicted octanol–water partition coefficient (Wildman–Crippen LogP) is 4.89. The number of rotatable bonds is 7. The Morgan fingerprint density at radius 3 is 2.48 bits per heavy atom. The number of nitrogens with one attached hydrogen (secondary N) is 1. The van der Waals surface area contributed by atoms with E-state index in [4.69, 9.17) is 4.74 Å². The van der Waals surface area contributed by atoms with Crippen molar-refractivity contribution >= 4 is 35.2 Å². The Labute approximate surface area is 196 Å². The third kappa shape index (κ3) is 5.43. The van der Waals surface area contributed by atoms with Gasteiger partial charge in [-0.1, -0.05) is 48.5 Å². The van der Waals surface area contributed by atoms with E-state index in [1.165, 1.54) is 0 Å². The van der Waals surface area contributed by atoms with E-state index in [2.05, 4.69) is 5.32 Å². The van der Waals surface area contributed by atoms with Crippen molar-refractivity contribution in [3.05, 3.63) is 101 Å². The van der Waals surface area contributed by atoms with Crippen LogP contribution in [0.25, 0.3) is 0 Å². The average Bonchev–Trinajstić information content (AvgIpc) is 3.20. The highest BCUT2D eigenvalue weighted by atomic mass is 32.2. The van der Waals surface area contributed by atoms with E-state index in [0.717, 1.165) is 11.1 Å². The molecule has 1 heterocycles. The second-order valence-corrected chi connectivity index (χ2v) is 8.62. The van der Waals surface area contributed by atoms with Crippen LogP contribution in [-0.4, -0.2) is 35.0 Å². The monoisotopic (exact) mass is 460 g/mol. The van der Waals surface area contributed by atoms with Crippen LogP contribution in [0.2, 0.25) is 0 Å². The van der Waals surface area contributed by atoms with Crippen LogP contribution in [0.15, 0.2) is 78.9 Å². The van der Waals surface area contributed by atoms with E-state index in [1.54, 1.807) is 55.1 Å². The van der Waals surface area contributed by atoms with Crippen LogP contribution >= 0.6 is 11.8 Å². The zero-order valence-corrected chi connectivity index (χ0v) is 19.0. The Morgan fingerprint density at radius 2 is 1.76 bits per heavy atom. The molecule has 1 fully saturated rings. The summed E-state index contributed by atoms with van der Waals surface area (Å²) in [4.78, 5) is 39.0. The molecule has 1 atom stereocenters. The summed E-state index contributed by atoms with van der Waals surface area (Å²) < 4.78 is 5.01. The minimum atomic E-state index is -0.429. The maximum Gasteiger partial charge on any atom is 0.338 e. The third-order valence-electron chi connectivity index (χ3n) is 5.25. The molecule has 6 nitrogen and oxygen atoms in total. The molecule has 7 heteroatoms. The predicted molar refractivity (Wildman–Crippen MR) is 129 cm³/mol. The highest BCUT2D eigenvalue weighted by Gasteiger charge is 2.32. The molecule has 2 amide bonds. The molecule has 0 spiro atoms. The summed E-state index contributed by atoms with van der Waals surface area (Å²) in [6, 6.07) is 23.8. The second kappa shape index (κ2) is 10.4. The van der Waals surface area contributed by atoms with E-state index in [-0.39, 0.29) is 23.8 Å². The summed E-state index contributed by atoms with van der Waals surface area (Å²) in [5.41, 5.74) is 3.44. The van der Waals surface area contributed by atoms with Crippen LogP contribution in [-0.2, 0) is 16.1 Å². The normalized spacial score (nSPS) is 15.4. The van der Waals surface area contributed by atoms with Gasteiger partial charge in [0.05, 0.1) is 17.9 Å². The molecule has 168 valence electrons. The molecule has 33 heavy (non-hydrogen) atoms. The number of nitrogens with zero attached hydrogens (tertiary/aromatic N) is 1. The first-order chi connectivity index (χ1) is 16.0. The van der Waals surface area contributed by atoms with Crippen molar-refractivity contribution < 1.29 is 19.1 Å². The highest BCUT2D eigenvalue weighted by molar-refractivity contribution is 8.00. The first-order valence-corrected chi connectivity index (χ1v) is 11.7. The number of thioether (sulfide) groups is 1. The molecule has 4 rings (SSSR count). The van der Waals surface area contributed by atoms with Gasteiger partial charge in [0.2, 0.25) is 5.91 Å². The Kier molecular flexibility index (Phi) is 7.10. The topological polar surface area (TPSA) is 75.7 Å². The lowest BCUT2D eigenvalue weighted by Gasteiger charge is -2.24. The van der Waals surface area contributed by atoms with Gasteiger partial charge in [-0.25, -0.2) is 4.79 Å². The summed E-state index contributed by atoms with van der Waals surface area (Å²) in [5.74, 6) is -0.158.